The molecule has 0 radical (unpaired) electrons. The maximum absolute atomic E-state index is 12.7. The van der Waals surface area contributed by atoms with E-state index in [2.05, 4.69) is 12.2 Å². The highest BCUT2D eigenvalue weighted by Crippen LogP contribution is 2.16. The molecule has 1 fully saturated rings. The van der Waals surface area contributed by atoms with Crippen molar-refractivity contribution in [2.75, 3.05) is 19.6 Å². The van der Waals surface area contributed by atoms with Crippen molar-refractivity contribution in [3.63, 3.8) is 0 Å². The van der Waals surface area contributed by atoms with Gasteiger partial charge in [-0.05, 0) is 56.6 Å². The van der Waals surface area contributed by atoms with E-state index in [1.165, 1.54) is 0 Å². The molecule has 3 N–H and O–H groups in total. The Morgan fingerprint density at radius 3 is 2.29 bits per heavy atom. The lowest BCUT2D eigenvalue weighted by Crippen LogP contribution is -2.46. The molecular formula is C16H23N3O2. The molecule has 5 nitrogen and oxygen atoms in total. The van der Waals surface area contributed by atoms with Crippen molar-refractivity contribution < 1.29 is 9.59 Å². The fourth-order valence-corrected chi connectivity index (χ4v) is 2.75. The van der Waals surface area contributed by atoms with Crippen molar-refractivity contribution in [3.05, 3.63) is 35.4 Å². The van der Waals surface area contributed by atoms with Crippen molar-refractivity contribution in [2.24, 2.45) is 5.73 Å². The summed E-state index contributed by atoms with van der Waals surface area (Å²) in [6, 6.07) is 6.90. The average Bonchev–Trinajstić information content (AvgIpc) is 2.53. The topological polar surface area (TPSA) is 75.4 Å². The highest BCUT2D eigenvalue weighted by molar-refractivity contribution is 5.97. The molecule has 0 unspecified atom stereocenters. The Hall–Kier alpha value is -1.88. The van der Waals surface area contributed by atoms with Crippen molar-refractivity contribution in [1.29, 1.82) is 0 Å². The van der Waals surface area contributed by atoms with Crippen molar-refractivity contribution in [2.45, 2.75) is 32.2 Å². The lowest BCUT2D eigenvalue weighted by molar-refractivity contribution is 0.0642. The van der Waals surface area contributed by atoms with Gasteiger partial charge in [0, 0.05) is 23.7 Å². The summed E-state index contributed by atoms with van der Waals surface area (Å²) in [5, 5.41) is 3.32. The first kappa shape index (κ1) is 15.5. The number of hydrogen-bond acceptors (Lipinski definition) is 3. The van der Waals surface area contributed by atoms with Gasteiger partial charge in [0.2, 0.25) is 5.91 Å². The molecule has 0 atom stereocenters. The van der Waals surface area contributed by atoms with Gasteiger partial charge < -0.3 is 16.0 Å². The number of carbonyl (C=O) groups is 2. The number of primary amides is 1. The van der Waals surface area contributed by atoms with E-state index in [4.69, 9.17) is 5.73 Å². The van der Waals surface area contributed by atoms with Crippen LogP contribution in [0, 0.1) is 0 Å². The number of nitrogens with zero attached hydrogens (tertiary/aromatic N) is 1. The molecule has 1 aromatic carbocycles. The van der Waals surface area contributed by atoms with Crippen LogP contribution in [-0.4, -0.2) is 42.4 Å². The molecule has 1 aromatic rings. The largest absolute Gasteiger partial charge is 0.366 e. The summed E-state index contributed by atoms with van der Waals surface area (Å²) in [5.74, 6) is -0.433. The first-order chi connectivity index (χ1) is 10.1. The Labute approximate surface area is 125 Å². The smallest absolute Gasteiger partial charge is 0.254 e. The standard InChI is InChI=1S/C16H23N3O2/c1-2-11-19(14-7-9-18-10-8-14)16(21)13-5-3-12(4-6-13)15(17)20/h3-6,14,18H,2,7-11H2,1H3,(H2,17,20). The van der Waals surface area contributed by atoms with E-state index >= 15 is 0 Å². The molecule has 0 bridgehead atoms. The third-order valence-corrected chi connectivity index (χ3v) is 3.89. The number of amides is 2. The van der Waals surface area contributed by atoms with Gasteiger partial charge in [0.25, 0.3) is 5.91 Å². The van der Waals surface area contributed by atoms with Crippen LogP contribution >= 0.6 is 0 Å². The van der Waals surface area contributed by atoms with Gasteiger partial charge in [0.1, 0.15) is 0 Å². The zero-order valence-electron chi connectivity index (χ0n) is 12.5. The fraction of sp³-hybridized carbons (Fsp3) is 0.500. The molecule has 0 saturated carbocycles. The minimum atomic E-state index is -0.474. The summed E-state index contributed by atoms with van der Waals surface area (Å²) in [6.07, 6.45) is 2.92. The van der Waals surface area contributed by atoms with E-state index < -0.39 is 5.91 Å². The van der Waals surface area contributed by atoms with Crippen molar-refractivity contribution >= 4 is 11.8 Å². The SMILES string of the molecule is CCCN(C(=O)c1ccc(C(N)=O)cc1)C1CCNCC1. The van der Waals surface area contributed by atoms with Crippen LogP contribution in [0.5, 0.6) is 0 Å². The monoisotopic (exact) mass is 289 g/mol. The minimum Gasteiger partial charge on any atom is -0.366 e. The van der Waals surface area contributed by atoms with Crippen LogP contribution in [0.1, 0.15) is 46.9 Å². The third-order valence-electron chi connectivity index (χ3n) is 3.89. The highest BCUT2D eigenvalue weighted by atomic mass is 16.2. The second-order valence-corrected chi connectivity index (χ2v) is 5.42. The summed E-state index contributed by atoms with van der Waals surface area (Å²) in [5.41, 5.74) is 6.27. The number of benzene rings is 1. The van der Waals surface area contributed by atoms with E-state index in [1.807, 2.05) is 4.90 Å². The molecule has 0 aliphatic carbocycles. The van der Waals surface area contributed by atoms with Crippen LogP contribution in [-0.2, 0) is 0 Å². The normalized spacial score (nSPS) is 15.7. The number of nitrogens with one attached hydrogen (secondary N) is 1. The molecule has 1 aliphatic rings. The van der Waals surface area contributed by atoms with Crippen LogP contribution in [0.25, 0.3) is 0 Å². The molecular weight excluding hydrogens is 266 g/mol. The van der Waals surface area contributed by atoms with E-state index in [9.17, 15) is 9.59 Å². The second-order valence-electron chi connectivity index (χ2n) is 5.42. The molecule has 114 valence electrons. The third kappa shape index (κ3) is 3.82. The van der Waals surface area contributed by atoms with E-state index in [-0.39, 0.29) is 5.91 Å². The van der Waals surface area contributed by atoms with Gasteiger partial charge in [-0.3, -0.25) is 9.59 Å². The van der Waals surface area contributed by atoms with Crippen molar-refractivity contribution in [1.82, 2.24) is 10.2 Å². The van der Waals surface area contributed by atoms with Gasteiger partial charge in [-0.1, -0.05) is 6.92 Å². The molecule has 1 aliphatic heterocycles. The average molecular weight is 289 g/mol. The van der Waals surface area contributed by atoms with E-state index in [1.54, 1.807) is 24.3 Å². The molecule has 1 heterocycles. The molecule has 0 spiro atoms. The number of carbonyl (C=O) groups excluding carboxylic acids is 2. The minimum absolute atomic E-state index is 0.0415. The Bertz CT molecular complexity index is 493. The van der Waals surface area contributed by atoms with E-state index in [0.29, 0.717) is 17.2 Å². The van der Waals surface area contributed by atoms with Crippen LogP contribution in [0.3, 0.4) is 0 Å². The Morgan fingerprint density at radius 1 is 1.19 bits per heavy atom. The lowest BCUT2D eigenvalue weighted by atomic mass is 10.0. The van der Waals surface area contributed by atoms with Gasteiger partial charge >= 0.3 is 0 Å². The van der Waals surface area contributed by atoms with Gasteiger partial charge in [-0.2, -0.15) is 0 Å². The molecule has 21 heavy (non-hydrogen) atoms. The number of hydrogen-bond donors (Lipinski definition) is 2. The summed E-state index contributed by atoms with van der Waals surface area (Å²) in [6.45, 7) is 4.76. The van der Waals surface area contributed by atoms with Crippen LogP contribution in [0.15, 0.2) is 24.3 Å². The maximum Gasteiger partial charge on any atom is 0.254 e. The Kier molecular flexibility index (Phi) is 5.33. The second kappa shape index (κ2) is 7.22. The first-order valence-electron chi connectivity index (χ1n) is 7.55. The van der Waals surface area contributed by atoms with Gasteiger partial charge in [0.15, 0.2) is 0 Å². The number of nitrogens with two attached hydrogens (primary N) is 1. The molecule has 2 amide bonds. The van der Waals surface area contributed by atoms with Crippen LogP contribution in [0.4, 0.5) is 0 Å². The van der Waals surface area contributed by atoms with Crippen molar-refractivity contribution in [3.8, 4) is 0 Å². The Morgan fingerprint density at radius 2 is 1.76 bits per heavy atom. The molecule has 5 heteroatoms. The van der Waals surface area contributed by atoms with Gasteiger partial charge in [0.05, 0.1) is 0 Å². The predicted molar refractivity (Wildman–Crippen MR) is 82.2 cm³/mol. The van der Waals surface area contributed by atoms with Crippen LogP contribution < -0.4 is 11.1 Å². The highest BCUT2D eigenvalue weighted by Gasteiger charge is 2.25. The first-order valence-corrected chi connectivity index (χ1v) is 7.55. The van der Waals surface area contributed by atoms with Gasteiger partial charge in [-0.25, -0.2) is 0 Å². The lowest BCUT2D eigenvalue weighted by Gasteiger charge is -2.34. The summed E-state index contributed by atoms with van der Waals surface area (Å²) >= 11 is 0. The summed E-state index contributed by atoms with van der Waals surface area (Å²) in [7, 11) is 0. The maximum atomic E-state index is 12.7. The molecule has 0 aromatic heterocycles. The zero-order chi connectivity index (χ0) is 15.2. The summed E-state index contributed by atoms with van der Waals surface area (Å²) < 4.78 is 0. The molecule has 2 rings (SSSR count). The predicted octanol–water partition coefficient (Wildman–Crippen LogP) is 1.39. The number of piperidine rings is 1. The fourth-order valence-electron chi connectivity index (χ4n) is 2.75. The molecule has 1 saturated heterocycles. The summed E-state index contributed by atoms with van der Waals surface area (Å²) in [4.78, 5) is 25.8. The Balaban J connectivity index is 2.14. The quantitative estimate of drug-likeness (QED) is 0.860. The van der Waals surface area contributed by atoms with Gasteiger partial charge in [-0.15, -0.1) is 0 Å². The van der Waals surface area contributed by atoms with Crippen LogP contribution in [0.2, 0.25) is 0 Å². The zero-order valence-corrected chi connectivity index (χ0v) is 12.5. The number of rotatable bonds is 5. The van der Waals surface area contributed by atoms with E-state index in [0.717, 1.165) is 38.9 Å².